The van der Waals surface area contributed by atoms with Crippen molar-refractivity contribution in [2.75, 3.05) is 5.73 Å². The van der Waals surface area contributed by atoms with E-state index in [-0.39, 0.29) is 22.2 Å². The number of nitrogens with zero attached hydrogens (tertiary/aromatic N) is 4. The molecule has 80 valence electrons. The number of halogens is 2. The molecule has 0 unspecified atom stereocenters. The van der Waals surface area contributed by atoms with E-state index in [1.165, 1.54) is 17.1 Å². The lowest BCUT2D eigenvalue weighted by Gasteiger charge is -2.05. The molecule has 1 aromatic heterocycles. The molecule has 0 bridgehead atoms. The van der Waals surface area contributed by atoms with Crippen LogP contribution in [0.4, 0.5) is 10.1 Å². The standard InChI is InChI=1S/C9H5ClFN5/c10-5-1-7(13)8(2-6(5)11)16-4-14-9(3-12)15-16/h1-2,4H,13H2. The molecule has 1 heterocycles. The Morgan fingerprint density at radius 2 is 2.25 bits per heavy atom. The third-order valence-electron chi connectivity index (χ3n) is 1.91. The Balaban J connectivity index is 2.56. The summed E-state index contributed by atoms with van der Waals surface area (Å²) >= 11 is 5.55. The van der Waals surface area contributed by atoms with Gasteiger partial charge in [0.2, 0.25) is 0 Å². The normalized spacial score (nSPS) is 10.1. The second-order valence-corrected chi connectivity index (χ2v) is 3.36. The Morgan fingerprint density at radius 3 is 2.88 bits per heavy atom. The van der Waals surface area contributed by atoms with Crippen molar-refractivity contribution in [2.24, 2.45) is 0 Å². The van der Waals surface area contributed by atoms with Crippen LogP contribution in [0.2, 0.25) is 5.02 Å². The van der Waals surface area contributed by atoms with E-state index in [4.69, 9.17) is 22.6 Å². The number of nitriles is 1. The molecule has 5 nitrogen and oxygen atoms in total. The summed E-state index contributed by atoms with van der Waals surface area (Å²) in [6.45, 7) is 0. The van der Waals surface area contributed by atoms with Gasteiger partial charge in [-0.05, 0) is 6.07 Å². The Bertz CT molecular complexity index is 586. The molecule has 2 aromatic rings. The topological polar surface area (TPSA) is 80.5 Å². The molecule has 0 atom stereocenters. The lowest BCUT2D eigenvalue weighted by Crippen LogP contribution is -2.01. The fourth-order valence-electron chi connectivity index (χ4n) is 1.18. The van der Waals surface area contributed by atoms with Crippen molar-refractivity contribution in [1.82, 2.24) is 14.8 Å². The minimum Gasteiger partial charge on any atom is -0.397 e. The average molecular weight is 238 g/mol. The van der Waals surface area contributed by atoms with Crippen molar-refractivity contribution in [2.45, 2.75) is 0 Å². The average Bonchev–Trinajstić information content (AvgIpc) is 2.71. The summed E-state index contributed by atoms with van der Waals surface area (Å²) in [5.41, 5.74) is 6.19. The molecule has 7 heteroatoms. The summed E-state index contributed by atoms with van der Waals surface area (Å²) in [5, 5.41) is 12.3. The van der Waals surface area contributed by atoms with Gasteiger partial charge in [0.25, 0.3) is 5.82 Å². The van der Waals surface area contributed by atoms with E-state index in [2.05, 4.69) is 10.1 Å². The van der Waals surface area contributed by atoms with E-state index in [9.17, 15) is 4.39 Å². The van der Waals surface area contributed by atoms with Crippen LogP contribution >= 0.6 is 11.6 Å². The van der Waals surface area contributed by atoms with Crippen LogP contribution in [-0.2, 0) is 0 Å². The highest BCUT2D eigenvalue weighted by Crippen LogP contribution is 2.24. The molecule has 2 rings (SSSR count). The van der Waals surface area contributed by atoms with Crippen LogP contribution in [0.1, 0.15) is 5.82 Å². The van der Waals surface area contributed by atoms with E-state index in [1.54, 1.807) is 6.07 Å². The molecular weight excluding hydrogens is 233 g/mol. The van der Waals surface area contributed by atoms with Crippen LogP contribution in [0, 0.1) is 17.1 Å². The van der Waals surface area contributed by atoms with Crippen LogP contribution in [0.3, 0.4) is 0 Å². The number of hydrogen-bond acceptors (Lipinski definition) is 4. The highest BCUT2D eigenvalue weighted by molar-refractivity contribution is 6.31. The summed E-state index contributed by atoms with van der Waals surface area (Å²) in [6.07, 6.45) is 1.28. The second-order valence-electron chi connectivity index (χ2n) is 2.95. The van der Waals surface area contributed by atoms with Gasteiger partial charge in [0.05, 0.1) is 16.4 Å². The monoisotopic (exact) mass is 237 g/mol. The number of aromatic nitrogens is 3. The number of hydrogen-bond donors (Lipinski definition) is 1. The first-order valence-electron chi connectivity index (χ1n) is 4.18. The van der Waals surface area contributed by atoms with Gasteiger partial charge in [0.15, 0.2) is 0 Å². The molecule has 0 spiro atoms. The summed E-state index contributed by atoms with van der Waals surface area (Å²) in [6, 6.07) is 4.17. The number of nitrogen functional groups attached to an aromatic ring is 1. The zero-order chi connectivity index (χ0) is 11.7. The van der Waals surface area contributed by atoms with Crippen molar-refractivity contribution in [3.05, 3.63) is 35.1 Å². The fraction of sp³-hybridized carbons (Fsp3) is 0. The van der Waals surface area contributed by atoms with Gasteiger partial charge in [-0.1, -0.05) is 11.6 Å². The summed E-state index contributed by atoms with van der Waals surface area (Å²) < 4.78 is 14.4. The van der Waals surface area contributed by atoms with Gasteiger partial charge in [-0.3, -0.25) is 0 Å². The zero-order valence-corrected chi connectivity index (χ0v) is 8.61. The van der Waals surface area contributed by atoms with Gasteiger partial charge in [0, 0.05) is 6.07 Å². The molecule has 2 N–H and O–H groups in total. The zero-order valence-electron chi connectivity index (χ0n) is 7.85. The third kappa shape index (κ3) is 1.68. The van der Waals surface area contributed by atoms with Gasteiger partial charge >= 0.3 is 0 Å². The van der Waals surface area contributed by atoms with Crippen LogP contribution in [0.15, 0.2) is 18.5 Å². The van der Waals surface area contributed by atoms with E-state index in [0.29, 0.717) is 0 Å². The Hall–Kier alpha value is -2.13. The molecular formula is C9H5ClFN5. The highest BCUT2D eigenvalue weighted by Gasteiger charge is 2.09. The molecule has 0 amide bonds. The van der Waals surface area contributed by atoms with E-state index in [0.717, 1.165) is 6.07 Å². The van der Waals surface area contributed by atoms with Gasteiger partial charge in [-0.2, -0.15) is 5.26 Å². The first-order chi connectivity index (χ1) is 7.61. The van der Waals surface area contributed by atoms with E-state index < -0.39 is 5.82 Å². The maximum Gasteiger partial charge on any atom is 0.252 e. The lowest BCUT2D eigenvalue weighted by atomic mass is 10.2. The van der Waals surface area contributed by atoms with E-state index in [1.807, 2.05) is 0 Å². The van der Waals surface area contributed by atoms with Crippen LogP contribution in [0.5, 0.6) is 0 Å². The maximum atomic E-state index is 13.2. The van der Waals surface area contributed by atoms with Crippen LogP contribution < -0.4 is 5.73 Å². The van der Waals surface area contributed by atoms with Gasteiger partial charge in [-0.15, -0.1) is 5.10 Å². The van der Waals surface area contributed by atoms with E-state index >= 15 is 0 Å². The largest absolute Gasteiger partial charge is 0.397 e. The minimum absolute atomic E-state index is 0.0187. The highest BCUT2D eigenvalue weighted by atomic mass is 35.5. The smallest absolute Gasteiger partial charge is 0.252 e. The Labute approximate surface area is 94.9 Å². The molecule has 0 aliphatic rings. The Morgan fingerprint density at radius 1 is 1.50 bits per heavy atom. The van der Waals surface area contributed by atoms with Gasteiger partial charge < -0.3 is 5.73 Å². The van der Waals surface area contributed by atoms with Crippen molar-refractivity contribution in [3.8, 4) is 11.8 Å². The number of nitrogens with two attached hydrogens (primary N) is 1. The van der Waals surface area contributed by atoms with Crippen LogP contribution in [-0.4, -0.2) is 14.8 Å². The van der Waals surface area contributed by atoms with Gasteiger partial charge in [-0.25, -0.2) is 14.1 Å². The van der Waals surface area contributed by atoms with Crippen molar-refractivity contribution >= 4 is 17.3 Å². The van der Waals surface area contributed by atoms with Gasteiger partial charge in [0.1, 0.15) is 18.2 Å². The van der Waals surface area contributed by atoms with Crippen molar-refractivity contribution in [1.29, 1.82) is 5.26 Å². The molecule has 0 radical (unpaired) electrons. The Kier molecular flexibility index (Phi) is 2.46. The molecule has 0 aliphatic carbocycles. The molecule has 0 saturated heterocycles. The number of benzene rings is 1. The number of anilines is 1. The lowest BCUT2D eigenvalue weighted by molar-refractivity contribution is 0.626. The minimum atomic E-state index is -0.611. The predicted molar refractivity (Wildman–Crippen MR) is 55.5 cm³/mol. The second kappa shape index (κ2) is 3.79. The number of rotatable bonds is 1. The SMILES string of the molecule is N#Cc1ncn(-c2cc(F)c(Cl)cc2N)n1. The third-order valence-corrected chi connectivity index (χ3v) is 2.20. The van der Waals surface area contributed by atoms with Crippen molar-refractivity contribution < 1.29 is 4.39 Å². The first kappa shape index (κ1) is 10.4. The summed E-state index contributed by atoms with van der Waals surface area (Å²) in [7, 11) is 0. The first-order valence-corrected chi connectivity index (χ1v) is 4.56. The van der Waals surface area contributed by atoms with Crippen molar-refractivity contribution in [3.63, 3.8) is 0 Å². The van der Waals surface area contributed by atoms with Crippen LogP contribution in [0.25, 0.3) is 5.69 Å². The molecule has 0 aliphatic heterocycles. The quantitative estimate of drug-likeness (QED) is 0.763. The molecule has 0 fully saturated rings. The fourth-order valence-corrected chi connectivity index (χ4v) is 1.35. The molecule has 1 aromatic carbocycles. The summed E-state index contributed by atoms with van der Waals surface area (Å²) in [5.74, 6) is -0.630. The predicted octanol–water partition coefficient (Wildman–Crippen LogP) is 1.51. The molecule has 16 heavy (non-hydrogen) atoms. The molecule has 0 saturated carbocycles. The maximum absolute atomic E-state index is 13.2. The summed E-state index contributed by atoms with van der Waals surface area (Å²) in [4.78, 5) is 3.68.